The van der Waals surface area contributed by atoms with Crippen LogP contribution in [-0.2, 0) is 4.79 Å². The van der Waals surface area contributed by atoms with Crippen molar-refractivity contribution < 1.29 is 9.90 Å². The van der Waals surface area contributed by atoms with Gasteiger partial charge < -0.3 is 10.0 Å². The lowest BCUT2D eigenvalue weighted by atomic mass is 9.94. The van der Waals surface area contributed by atoms with Gasteiger partial charge in [-0.1, -0.05) is 28.1 Å². The average molecular weight is 326 g/mol. The van der Waals surface area contributed by atoms with E-state index in [1.807, 2.05) is 24.3 Å². The topological polar surface area (TPSA) is 40.5 Å². The summed E-state index contributed by atoms with van der Waals surface area (Å²) in [5.41, 5.74) is 1.07. The molecule has 0 radical (unpaired) electrons. The zero-order chi connectivity index (χ0) is 13.8. The van der Waals surface area contributed by atoms with Crippen LogP contribution >= 0.6 is 15.9 Å². The van der Waals surface area contributed by atoms with Crippen LogP contribution in [-0.4, -0.2) is 41.5 Å². The first-order valence-corrected chi connectivity index (χ1v) is 7.52. The Morgan fingerprint density at radius 3 is 2.47 bits per heavy atom. The lowest BCUT2D eigenvalue weighted by molar-refractivity contribution is -0.119. The fraction of sp³-hybridized carbons (Fsp3) is 0.533. The highest BCUT2D eigenvalue weighted by Crippen LogP contribution is 2.22. The number of piperidine rings is 1. The summed E-state index contributed by atoms with van der Waals surface area (Å²) in [6.07, 6.45) is 1.45. The molecule has 3 nitrogen and oxygen atoms in total. The number of aliphatic hydroxyl groups excluding tert-OH is 1. The summed E-state index contributed by atoms with van der Waals surface area (Å²) in [4.78, 5) is 14.2. The number of carbonyl (C=O) groups excluding carboxylic acids is 1. The van der Waals surface area contributed by atoms with E-state index in [2.05, 4.69) is 20.8 Å². The number of Topliss-reactive ketones (excluding diaryl/α,β-unsaturated/α-hetero) is 1. The first kappa shape index (κ1) is 14.7. The molecular weight excluding hydrogens is 306 g/mol. The van der Waals surface area contributed by atoms with Crippen LogP contribution in [0.3, 0.4) is 0 Å². The third kappa shape index (κ3) is 4.13. The van der Waals surface area contributed by atoms with Crippen molar-refractivity contribution in [3.05, 3.63) is 34.3 Å². The van der Waals surface area contributed by atoms with Crippen molar-refractivity contribution in [1.82, 2.24) is 4.90 Å². The molecule has 4 heteroatoms. The molecule has 0 aromatic heterocycles. The standard InChI is InChI=1S/C15H20BrNO2/c1-11(18)15(12-2-4-13(16)5-3-12)10-17-8-6-14(19)7-9-17/h2-5,14-15,19H,6-10H2,1H3. The number of hydrogen-bond donors (Lipinski definition) is 1. The van der Waals surface area contributed by atoms with Gasteiger partial charge in [0, 0.05) is 24.1 Å². The Kier molecular flexibility index (Phi) is 5.13. The molecule has 0 aliphatic carbocycles. The van der Waals surface area contributed by atoms with E-state index in [1.165, 1.54) is 0 Å². The molecule has 2 rings (SSSR count). The highest BCUT2D eigenvalue weighted by molar-refractivity contribution is 9.10. The number of nitrogens with zero attached hydrogens (tertiary/aromatic N) is 1. The third-order valence-electron chi connectivity index (χ3n) is 3.76. The van der Waals surface area contributed by atoms with Crippen molar-refractivity contribution in [3.63, 3.8) is 0 Å². The van der Waals surface area contributed by atoms with Crippen LogP contribution < -0.4 is 0 Å². The molecule has 1 aliphatic rings. The number of carbonyl (C=O) groups is 1. The van der Waals surface area contributed by atoms with Gasteiger partial charge in [0.25, 0.3) is 0 Å². The lowest BCUT2D eigenvalue weighted by Crippen LogP contribution is -2.39. The largest absolute Gasteiger partial charge is 0.393 e. The lowest BCUT2D eigenvalue weighted by Gasteiger charge is -2.32. The van der Waals surface area contributed by atoms with E-state index in [1.54, 1.807) is 6.92 Å². The van der Waals surface area contributed by atoms with E-state index in [9.17, 15) is 9.90 Å². The van der Waals surface area contributed by atoms with Gasteiger partial charge >= 0.3 is 0 Å². The quantitative estimate of drug-likeness (QED) is 0.925. The molecule has 0 amide bonds. The molecule has 1 aromatic carbocycles. The minimum atomic E-state index is -0.167. The maximum Gasteiger partial charge on any atom is 0.138 e. The van der Waals surface area contributed by atoms with Gasteiger partial charge in [-0.15, -0.1) is 0 Å². The van der Waals surface area contributed by atoms with Crippen LogP contribution in [0.25, 0.3) is 0 Å². The minimum Gasteiger partial charge on any atom is -0.393 e. The molecule has 1 aromatic rings. The predicted octanol–water partition coefficient (Wildman–Crippen LogP) is 2.58. The van der Waals surface area contributed by atoms with Gasteiger partial charge in [0.15, 0.2) is 0 Å². The first-order chi connectivity index (χ1) is 9.06. The van der Waals surface area contributed by atoms with Crippen LogP contribution in [0, 0.1) is 0 Å². The van der Waals surface area contributed by atoms with E-state index in [0.29, 0.717) is 0 Å². The summed E-state index contributed by atoms with van der Waals surface area (Å²) >= 11 is 3.41. The maximum absolute atomic E-state index is 11.9. The first-order valence-electron chi connectivity index (χ1n) is 6.72. The Hall–Kier alpha value is -0.710. The molecule has 0 spiro atoms. The summed E-state index contributed by atoms with van der Waals surface area (Å²) in [7, 11) is 0. The zero-order valence-corrected chi connectivity index (χ0v) is 12.8. The number of aliphatic hydroxyl groups is 1. The van der Waals surface area contributed by atoms with Gasteiger partial charge in [-0.05, 0) is 37.5 Å². The SMILES string of the molecule is CC(=O)C(CN1CCC(O)CC1)c1ccc(Br)cc1. The highest BCUT2D eigenvalue weighted by atomic mass is 79.9. The van der Waals surface area contributed by atoms with Gasteiger partial charge in [0.2, 0.25) is 0 Å². The smallest absolute Gasteiger partial charge is 0.138 e. The van der Waals surface area contributed by atoms with Gasteiger partial charge in [-0.2, -0.15) is 0 Å². The summed E-state index contributed by atoms with van der Waals surface area (Å²) in [5.74, 6) is 0.136. The Morgan fingerprint density at radius 1 is 1.37 bits per heavy atom. The fourth-order valence-electron chi connectivity index (χ4n) is 2.52. The van der Waals surface area contributed by atoms with Crippen molar-refractivity contribution in [2.24, 2.45) is 0 Å². The minimum absolute atomic E-state index is 0.0663. The Bertz CT molecular complexity index is 424. The summed E-state index contributed by atoms with van der Waals surface area (Å²) in [5, 5.41) is 9.52. The fourth-order valence-corrected chi connectivity index (χ4v) is 2.79. The number of hydrogen-bond acceptors (Lipinski definition) is 3. The number of likely N-dealkylation sites (tertiary alicyclic amines) is 1. The molecule has 1 atom stereocenters. The van der Waals surface area contributed by atoms with Crippen LogP contribution in [0.2, 0.25) is 0 Å². The normalized spacial score (nSPS) is 19.3. The maximum atomic E-state index is 11.9. The van der Waals surface area contributed by atoms with E-state index in [-0.39, 0.29) is 17.8 Å². The summed E-state index contributed by atoms with van der Waals surface area (Å²) in [6, 6.07) is 7.97. The van der Waals surface area contributed by atoms with Gasteiger partial charge in [-0.3, -0.25) is 4.79 Å². The number of ketones is 1. The van der Waals surface area contributed by atoms with Gasteiger partial charge in [0.1, 0.15) is 5.78 Å². The van der Waals surface area contributed by atoms with E-state index >= 15 is 0 Å². The number of halogens is 1. The van der Waals surface area contributed by atoms with Crippen molar-refractivity contribution in [1.29, 1.82) is 0 Å². The van der Waals surface area contributed by atoms with E-state index in [4.69, 9.17) is 0 Å². The van der Waals surface area contributed by atoms with Crippen LogP contribution in [0.5, 0.6) is 0 Å². The second-order valence-corrected chi connectivity index (χ2v) is 6.16. The number of rotatable bonds is 4. The van der Waals surface area contributed by atoms with Gasteiger partial charge in [0.05, 0.1) is 12.0 Å². The van der Waals surface area contributed by atoms with E-state index < -0.39 is 0 Å². The van der Waals surface area contributed by atoms with Crippen LogP contribution in [0.1, 0.15) is 31.2 Å². The third-order valence-corrected chi connectivity index (χ3v) is 4.29. The Morgan fingerprint density at radius 2 is 1.95 bits per heavy atom. The summed E-state index contributed by atoms with van der Waals surface area (Å²) < 4.78 is 1.03. The summed E-state index contributed by atoms with van der Waals surface area (Å²) in [6.45, 7) is 4.16. The van der Waals surface area contributed by atoms with Gasteiger partial charge in [-0.25, -0.2) is 0 Å². The molecule has 1 aliphatic heterocycles. The second-order valence-electron chi connectivity index (χ2n) is 5.25. The molecule has 1 N–H and O–H groups in total. The molecule has 0 saturated carbocycles. The average Bonchev–Trinajstić information content (AvgIpc) is 2.39. The van der Waals surface area contributed by atoms with Crippen molar-refractivity contribution >= 4 is 21.7 Å². The second kappa shape index (κ2) is 6.64. The molecule has 1 saturated heterocycles. The van der Waals surface area contributed by atoms with Crippen LogP contribution in [0.15, 0.2) is 28.7 Å². The Labute approximate surface area is 122 Å². The molecule has 104 valence electrons. The zero-order valence-electron chi connectivity index (χ0n) is 11.2. The van der Waals surface area contributed by atoms with Crippen molar-refractivity contribution in [2.45, 2.75) is 31.8 Å². The molecule has 0 bridgehead atoms. The van der Waals surface area contributed by atoms with Crippen molar-refractivity contribution in [2.75, 3.05) is 19.6 Å². The molecule has 1 fully saturated rings. The number of benzene rings is 1. The Balaban J connectivity index is 2.04. The van der Waals surface area contributed by atoms with Crippen LogP contribution in [0.4, 0.5) is 0 Å². The predicted molar refractivity (Wildman–Crippen MR) is 79.2 cm³/mol. The molecule has 19 heavy (non-hydrogen) atoms. The highest BCUT2D eigenvalue weighted by Gasteiger charge is 2.23. The molecule has 1 unspecified atom stereocenters. The monoisotopic (exact) mass is 325 g/mol. The molecule has 1 heterocycles. The van der Waals surface area contributed by atoms with E-state index in [0.717, 1.165) is 42.5 Å². The van der Waals surface area contributed by atoms with Crippen molar-refractivity contribution in [3.8, 4) is 0 Å². The molecular formula is C15H20BrNO2.